The first kappa shape index (κ1) is 13.7. The fourth-order valence-corrected chi connectivity index (χ4v) is 1.61. The predicted octanol–water partition coefficient (Wildman–Crippen LogP) is 2.43. The van der Waals surface area contributed by atoms with Gasteiger partial charge < -0.3 is 10.2 Å². The fraction of sp³-hybridized carbons (Fsp3) is 0.500. The summed E-state index contributed by atoms with van der Waals surface area (Å²) in [6, 6.07) is 10.2. The van der Waals surface area contributed by atoms with E-state index in [0.29, 0.717) is 19.1 Å². The molecule has 0 bridgehead atoms. The van der Waals surface area contributed by atoms with Gasteiger partial charge in [0.2, 0.25) is 5.91 Å². The van der Waals surface area contributed by atoms with Crippen molar-refractivity contribution < 1.29 is 4.79 Å². The van der Waals surface area contributed by atoms with Gasteiger partial charge in [-0.25, -0.2) is 0 Å². The van der Waals surface area contributed by atoms with Gasteiger partial charge in [0.15, 0.2) is 0 Å². The lowest BCUT2D eigenvalue weighted by Gasteiger charge is -2.22. The van der Waals surface area contributed by atoms with Crippen molar-refractivity contribution in [3.05, 3.63) is 30.3 Å². The van der Waals surface area contributed by atoms with Gasteiger partial charge in [-0.15, -0.1) is 0 Å². The molecule has 0 aliphatic carbocycles. The summed E-state index contributed by atoms with van der Waals surface area (Å²) >= 11 is 0. The molecule has 0 aliphatic rings. The largest absolute Gasteiger partial charge is 0.312 e. The van der Waals surface area contributed by atoms with Crippen LogP contribution in [0.2, 0.25) is 0 Å². The number of carbonyl (C=O) groups excluding carboxylic acids is 1. The summed E-state index contributed by atoms with van der Waals surface area (Å²) in [5, 5.41) is 3.23. The predicted molar refractivity (Wildman–Crippen MR) is 72.2 cm³/mol. The molecule has 0 radical (unpaired) electrons. The molecule has 17 heavy (non-hydrogen) atoms. The van der Waals surface area contributed by atoms with Gasteiger partial charge in [0.1, 0.15) is 0 Å². The minimum Gasteiger partial charge on any atom is -0.312 e. The highest BCUT2D eigenvalue weighted by molar-refractivity contribution is 5.94. The van der Waals surface area contributed by atoms with Crippen molar-refractivity contribution in [1.82, 2.24) is 5.32 Å². The highest BCUT2D eigenvalue weighted by Gasteiger charge is 2.13. The van der Waals surface area contributed by atoms with Gasteiger partial charge in [-0.2, -0.15) is 0 Å². The third-order valence-corrected chi connectivity index (χ3v) is 2.90. The Hall–Kier alpha value is -1.35. The monoisotopic (exact) mass is 234 g/mol. The number of benzene rings is 1. The maximum Gasteiger partial charge on any atom is 0.240 e. The first-order valence-electron chi connectivity index (χ1n) is 6.27. The van der Waals surface area contributed by atoms with E-state index in [-0.39, 0.29) is 5.91 Å². The van der Waals surface area contributed by atoms with Crippen LogP contribution in [-0.4, -0.2) is 25.0 Å². The van der Waals surface area contributed by atoms with Crippen LogP contribution in [0.1, 0.15) is 27.2 Å². The van der Waals surface area contributed by atoms with Crippen molar-refractivity contribution in [2.75, 3.05) is 18.0 Å². The molecule has 3 heteroatoms. The molecule has 0 aromatic heterocycles. The number of anilines is 1. The number of likely N-dealkylation sites (N-methyl/N-ethyl adjacent to an activating group) is 1. The quantitative estimate of drug-likeness (QED) is 0.820. The summed E-state index contributed by atoms with van der Waals surface area (Å²) in [7, 11) is 0. The third kappa shape index (κ3) is 4.19. The number of amides is 1. The lowest BCUT2D eigenvalue weighted by Crippen LogP contribution is -2.40. The van der Waals surface area contributed by atoms with Crippen LogP contribution in [0.15, 0.2) is 30.3 Å². The molecule has 1 aromatic rings. The number of carbonyl (C=O) groups is 1. The van der Waals surface area contributed by atoms with Crippen molar-refractivity contribution in [3.8, 4) is 0 Å². The first-order chi connectivity index (χ1) is 8.19. The normalized spacial score (nSPS) is 12.2. The first-order valence-corrected chi connectivity index (χ1v) is 6.27. The van der Waals surface area contributed by atoms with Gasteiger partial charge in [-0.05, 0) is 32.4 Å². The fourth-order valence-electron chi connectivity index (χ4n) is 1.61. The van der Waals surface area contributed by atoms with Crippen LogP contribution in [0.5, 0.6) is 0 Å². The topological polar surface area (TPSA) is 32.3 Å². The van der Waals surface area contributed by atoms with Crippen molar-refractivity contribution in [3.63, 3.8) is 0 Å². The average molecular weight is 234 g/mol. The Bertz CT molecular complexity index is 337. The summed E-state index contributed by atoms with van der Waals surface area (Å²) < 4.78 is 0. The van der Waals surface area contributed by atoms with Gasteiger partial charge in [0.05, 0.1) is 6.54 Å². The minimum absolute atomic E-state index is 0.124. The van der Waals surface area contributed by atoms with E-state index in [1.807, 2.05) is 37.3 Å². The molecule has 94 valence electrons. The Morgan fingerprint density at radius 1 is 1.29 bits per heavy atom. The zero-order valence-electron chi connectivity index (χ0n) is 10.9. The van der Waals surface area contributed by atoms with Crippen LogP contribution in [0.25, 0.3) is 0 Å². The van der Waals surface area contributed by atoms with Gasteiger partial charge >= 0.3 is 0 Å². The lowest BCUT2D eigenvalue weighted by molar-refractivity contribution is -0.117. The number of hydrogen-bond donors (Lipinski definition) is 1. The standard InChI is InChI=1S/C14H22N2O/c1-4-12(3)15-11-14(17)16(5-2)13-9-7-6-8-10-13/h6-10,12,15H,4-5,11H2,1-3H3. The number of rotatable bonds is 6. The van der Waals surface area contributed by atoms with Gasteiger partial charge in [0, 0.05) is 18.3 Å². The second-order valence-corrected chi connectivity index (χ2v) is 4.16. The maximum absolute atomic E-state index is 12.1. The molecule has 1 rings (SSSR count). The van der Waals surface area contributed by atoms with Crippen LogP contribution in [-0.2, 0) is 4.79 Å². The summed E-state index contributed by atoms with van der Waals surface area (Å²) in [4.78, 5) is 13.9. The molecule has 0 fully saturated rings. The molecule has 1 unspecified atom stereocenters. The zero-order chi connectivity index (χ0) is 12.7. The molecule has 1 amide bonds. The Labute approximate surface area is 104 Å². The van der Waals surface area contributed by atoms with E-state index in [2.05, 4.69) is 19.2 Å². The van der Waals surface area contributed by atoms with Crippen LogP contribution < -0.4 is 10.2 Å². The van der Waals surface area contributed by atoms with E-state index in [0.717, 1.165) is 12.1 Å². The van der Waals surface area contributed by atoms with Crippen molar-refractivity contribution >= 4 is 11.6 Å². The number of nitrogens with zero attached hydrogens (tertiary/aromatic N) is 1. The third-order valence-electron chi connectivity index (χ3n) is 2.90. The smallest absolute Gasteiger partial charge is 0.240 e. The van der Waals surface area contributed by atoms with E-state index in [1.165, 1.54) is 0 Å². The molecule has 1 N–H and O–H groups in total. The number of hydrogen-bond acceptors (Lipinski definition) is 2. The van der Waals surface area contributed by atoms with E-state index >= 15 is 0 Å². The van der Waals surface area contributed by atoms with Crippen LogP contribution in [0.4, 0.5) is 5.69 Å². The highest BCUT2D eigenvalue weighted by atomic mass is 16.2. The molecule has 1 aromatic carbocycles. The molecule has 0 spiro atoms. The van der Waals surface area contributed by atoms with E-state index in [4.69, 9.17) is 0 Å². The summed E-state index contributed by atoms with van der Waals surface area (Å²) in [5.74, 6) is 0.124. The van der Waals surface area contributed by atoms with Gasteiger partial charge in [-0.3, -0.25) is 4.79 Å². The lowest BCUT2D eigenvalue weighted by atomic mass is 10.2. The molecule has 0 heterocycles. The van der Waals surface area contributed by atoms with Gasteiger partial charge in [-0.1, -0.05) is 25.1 Å². The Kier molecular flexibility index (Phi) is 5.70. The van der Waals surface area contributed by atoms with Crippen molar-refractivity contribution in [2.24, 2.45) is 0 Å². The molecule has 0 saturated heterocycles. The summed E-state index contributed by atoms with van der Waals surface area (Å²) in [5.41, 5.74) is 0.964. The second-order valence-electron chi connectivity index (χ2n) is 4.16. The number of nitrogens with one attached hydrogen (secondary N) is 1. The van der Waals surface area contributed by atoms with Gasteiger partial charge in [0.25, 0.3) is 0 Å². The molecule has 0 aliphatic heterocycles. The van der Waals surface area contributed by atoms with E-state index in [9.17, 15) is 4.79 Å². The summed E-state index contributed by atoms with van der Waals surface area (Å²) in [6.07, 6.45) is 1.03. The van der Waals surface area contributed by atoms with Crippen LogP contribution in [0.3, 0.4) is 0 Å². The second kappa shape index (κ2) is 7.07. The van der Waals surface area contributed by atoms with Crippen LogP contribution in [0, 0.1) is 0 Å². The molecule has 3 nitrogen and oxygen atoms in total. The van der Waals surface area contributed by atoms with E-state index < -0.39 is 0 Å². The minimum atomic E-state index is 0.124. The average Bonchev–Trinajstić information content (AvgIpc) is 2.38. The van der Waals surface area contributed by atoms with Crippen molar-refractivity contribution in [2.45, 2.75) is 33.2 Å². The SMILES string of the molecule is CCC(C)NCC(=O)N(CC)c1ccccc1. The Morgan fingerprint density at radius 2 is 1.94 bits per heavy atom. The molecule has 1 atom stereocenters. The Balaban J connectivity index is 2.59. The number of para-hydroxylation sites is 1. The van der Waals surface area contributed by atoms with Crippen molar-refractivity contribution in [1.29, 1.82) is 0 Å². The zero-order valence-corrected chi connectivity index (χ0v) is 10.9. The van der Waals surface area contributed by atoms with Crippen LogP contribution >= 0.6 is 0 Å². The molecule has 0 saturated carbocycles. The van der Waals surface area contributed by atoms with E-state index in [1.54, 1.807) is 4.90 Å². The highest BCUT2D eigenvalue weighted by Crippen LogP contribution is 2.12. The maximum atomic E-state index is 12.1. The Morgan fingerprint density at radius 3 is 2.47 bits per heavy atom. The molecular formula is C14H22N2O. The summed E-state index contributed by atoms with van der Waals surface area (Å²) in [6.45, 7) is 7.29. The molecular weight excluding hydrogens is 212 g/mol.